The van der Waals surface area contributed by atoms with Crippen LogP contribution < -0.4 is 10.6 Å². The number of nitrogens with zero attached hydrogens (tertiary/aromatic N) is 3. The van der Waals surface area contributed by atoms with Crippen LogP contribution >= 0.6 is 11.8 Å². The summed E-state index contributed by atoms with van der Waals surface area (Å²) in [5, 5.41) is 14.2. The van der Waals surface area contributed by atoms with Crippen LogP contribution in [-0.4, -0.2) is 32.9 Å². The Labute approximate surface area is 202 Å². The number of hydrogen-bond donors (Lipinski definition) is 2. The molecule has 1 aromatic heterocycles. The van der Waals surface area contributed by atoms with Crippen molar-refractivity contribution in [1.82, 2.24) is 25.8 Å². The predicted molar refractivity (Wildman–Crippen MR) is 133 cm³/mol. The van der Waals surface area contributed by atoms with E-state index in [0.29, 0.717) is 23.1 Å². The maximum absolute atomic E-state index is 12.1. The zero-order valence-electron chi connectivity index (χ0n) is 18.3. The van der Waals surface area contributed by atoms with Gasteiger partial charge in [0.2, 0.25) is 11.1 Å². The number of rotatable bonds is 8. The van der Waals surface area contributed by atoms with E-state index in [1.165, 1.54) is 11.8 Å². The Kier molecular flexibility index (Phi) is 7.97. The van der Waals surface area contributed by atoms with Crippen molar-refractivity contribution in [2.75, 3.05) is 5.75 Å². The van der Waals surface area contributed by atoms with Gasteiger partial charge in [-0.25, -0.2) is 9.78 Å². The third-order valence-corrected chi connectivity index (χ3v) is 5.71. The van der Waals surface area contributed by atoms with Gasteiger partial charge in [-0.15, -0.1) is 10.2 Å². The number of carbonyl (C=O) groups is 2. The van der Waals surface area contributed by atoms with Gasteiger partial charge in [0.05, 0.1) is 0 Å². The van der Waals surface area contributed by atoms with Gasteiger partial charge in [-0.1, -0.05) is 103 Å². The molecule has 0 atom stereocenters. The molecule has 0 aliphatic carbocycles. The second-order valence-electron chi connectivity index (χ2n) is 7.34. The largest absolute Gasteiger partial charge is 0.334 e. The van der Waals surface area contributed by atoms with Gasteiger partial charge in [0.15, 0.2) is 0 Å². The van der Waals surface area contributed by atoms with Crippen molar-refractivity contribution in [3.8, 4) is 22.5 Å². The first-order valence-corrected chi connectivity index (χ1v) is 11.8. The van der Waals surface area contributed by atoms with E-state index in [1.54, 1.807) is 0 Å². The average Bonchev–Trinajstić information content (AvgIpc) is 2.89. The topological polar surface area (TPSA) is 96.9 Å². The smallest absolute Gasteiger partial charge is 0.321 e. The number of carbonyl (C=O) groups excluding carboxylic acids is 2. The normalized spacial score (nSPS) is 10.5. The number of aromatic nitrogens is 3. The van der Waals surface area contributed by atoms with Crippen molar-refractivity contribution in [2.24, 2.45) is 0 Å². The molecule has 34 heavy (non-hydrogen) atoms. The van der Waals surface area contributed by atoms with Crippen LogP contribution in [-0.2, 0) is 11.3 Å². The van der Waals surface area contributed by atoms with Gasteiger partial charge in [0.25, 0.3) is 0 Å². The van der Waals surface area contributed by atoms with E-state index in [4.69, 9.17) is 4.98 Å². The minimum atomic E-state index is -0.518. The van der Waals surface area contributed by atoms with Gasteiger partial charge in [0, 0.05) is 29.8 Å². The van der Waals surface area contributed by atoms with Crippen molar-refractivity contribution < 1.29 is 9.59 Å². The lowest BCUT2D eigenvalue weighted by molar-refractivity contribution is -0.119. The number of thioether (sulfide) groups is 1. The zero-order chi connectivity index (χ0) is 23.6. The highest BCUT2D eigenvalue weighted by Crippen LogP contribution is 2.29. The number of imide groups is 1. The quantitative estimate of drug-likeness (QED) is 0.363. The molecule has 8 heteroatoms. The summed E-state index contributed by atoms with van der Waals surface area (Å²) in [7, 11) is 0. The lowest BCUT2D eigenvalue weighted by Gasteiger charge is -2.09. The monoisotopic (exact) mass is 469 g/mol. The van der Waals surface area contributed by atoms with Crippen LogP contribution in [0, 0.1) is 0 Å². The second kappa shape index (κ2) is 11.7. The molecule has 0 saturated carbocycles. The summed E-state index contributed by atoms with van der Waals surface area (Å²) in [4.78, 5) is 28.8. The number of urea groups is 1. The fraction of sp³-hybridized carbons (Fsp3) is 0.115. The fourth-order valence-electron chi connectivity index (χ4n) is 3.21. The number of benzene rings is 3. The lowest BCUT2D eigenvalue weighted by atomic mass is 10.0. The Morgan fingerprint density at radius 1 is 0.735 bits per heavy atom. The van der Waals surface area contributed by atoms with Crippen molar-refractivity contribution in [1.29, 1.82) is 0 Å². The van der Waals surface area contributed by atoms with E-state index in [2.05, 4.69) is 20.8 Å². The van der Waals surface area contributed by atoms with Crippen molar-refractivity contribution in [3.05, 3.63) is 96.6 Å². The van der Waals surface area contributed by atoms with Gasteiger partial charge >= 0.3 is 6.03 Å². The van der Waals surface area contributed by atoms with Crippen LogP contribution in [0.4, 0.5) is 4.79 Å². The zero-order valence-corrected chi connectivity index (χ0v) is 19.2. The molecule has 0 aliphatic heterocycles. The van der Waals surface area contributed by atoms with Crippen LogP contribution in [0.3, 0.4) is 0 Å². The standard InChI is InChI=1S/C26H23N5O2S/c32-22(28-25(33)27-18-19-10-4-1-5-11-19)16-17-34-26-29-23(20-12-6-2-7-13-20)24(30-31-26)21-14-8-3-9-15-21/h1-15H,16-18H2,(H2,27,28,32,33). The van der Waals surface area contributed by atoms with E-state index in [-0.39, 0.29) is 12.3 Å². The van der Waals surface area contributed by atoms with E-state index < -0.39 is 6.03 Å². The first kappa shape index (κ1) is 23.1. The summed E-state index contributed by atoms with van der Waals surface area (Å²) < 4.78 is 0. The number of nitrogens with one attached hydrogen (secondary N) is 2. The van der Waals surface area contributed by atoms with E-state index in [0.717, 1.165) is 22.4 Å². The van der Waals surface area contributed by atoms with E-state index in [9.17, 15) is 9.59 Å². The van der Waals surface area contributed by atoms with Crippen LogP contribution in [0.15, 0.2) is 96.2 Å². The van der Waals surface area contributed by atoms with Gasteiger partial charge in [-0.2, -0.15) is 0 Å². The van der Waals surface area contributed by atoms with Crippen molar-refractivity contribution >= 4 is 23.7 Å². The van der Waals surface area contributed by atoms with Crippen LogP contribution in [0.1, 0.15) is 12.0 Å². The Morgan fingerprint density at radius 3 is 1.97 bits per heavy atom. The summed E-state index contributed by atoms with van der Waals surface area (Å²) in [6, 6.07) is 28.6. The third kappa shape index (κ3) is 6.49. The molecular weight excluding hydrogens is 446 g/mol. The SMILES string of the molecule is O=C(CCSc1nnc(-c2ccccc2)c(-c2ccccc2)n1)NC(=O)NCc1ccccc1. The number of hydrogen-bond acceptors (Lipinski definition) is 6. The Morgan fingerprint density at radius 2 is 1.32 bits per heavy atom. The van der Waals surface area contributed by atoms with Gasteiger partial charge in [-0.3, -0.25) is 10.1 Å². The third-order valence-electron chi connectivity index (χ3n) is 4.87. The Balaban J connectivity index is 1.35. The molecule has 0 spiro atoms. The molecule has 0 unspecified atom stereocenters. The van der Waals surface area contributed by atoms with Gasteiger partial charge in [-0.05, 0) is 5.56 Å². The molecule has 4 aromatic rings. The van der Waals surface area contributed by atoms with Gasteiger partial charge < -0.3 is 5.32 Å². The summed E-state index contributed by atoms with van der Waals surface area (Å²) >= 11 is 1.32. The predicted octanol–water partition coefficient (Wildman–Crippen LogP) is 4.71. The molecule has 170 valence electrons. The molecule has 0 fully saturated rings. The summed E-state index contributed by atoms with van der Waals surface area (Å²) in [6.07, 6.45) is 0.147. The molecule has 0 bridgehead atoms. The minimum absolute atomic E-state index is 0.147. The van der Waals surface area contributed by atoms with Gasteiger partial charge in [0.1, 0.15) is 11.4 Å². The Bertz CT molecular complexity index is 1240. The fourth-order valence-corrected chi connectivity index (χ4v) is 3.93. The van der Waals surface area contributed by atoms with Crippen molar-refractivity contribution in [2.45, 2.75) is 18.1 Å². The molecule has 3 amide bonds. The number of amides is 3. The highest BCUT2D eigenvalue weighted by Gasteiger charge is 2.14. The molecular formula is C26H23N5O2S. The summed E-state index contributed by atoms with van der Waals surface area (Å²) in [5.74, 6) is 0.0495. The van der Waals surface area contributed by atoms with Crippen molar-refractivity contribution in [3.63, 3.8) is 0 Å². The maximum Gasteiger partial charge on any atom is 0.321 e. The van der Waals surface area contributed by atoms with E-state index >= 15 is 0 Å². The van der Waals surface area contributed by atoms with Crippen LogP contribution in [0.25, 0.3) is 22.5 Å². The molecule has 2 N–H and O–H groups in total. The first-order chi connectivity index (χ1) is 16.7. The lowest BCUT2D eigenvalue weighted by Crippen LogP contribution is -2.39. The maximum atomic E-state index is 12.1. The van der Waals surface area contributed by atoms with Crippen LogP contribution in [0.5, 0.6) is 0 Å². The van der Waals surface area contributed by atoms with E-state index in [1.807, 2.05) is 91.0 Å². The summed E-state index contributed by atoms with van der Waals surface area (Å²) in [6.45, 7) is 0.351. The second-order valence-corrected chi connectivity index (χ2v) is 8.40. The average molecular weight is 470 g/mol. The first-order valence-electron chi connectivity index (χ1n) is 10.8. The summed E-state index contributed by atoms with van der Waals surface area (Å²) in [5.41, 5.74) is 4.25. The molecule has 1 heterocycles. The molecule has 0 saturated heterocycles. The molecule has 0 aliphatic rings. The molecule has 3 aromatic carbocycles. The molecule has 7 nitrogen and oxygen atoms in total. The molecule has 0 radical (unpaired) electrons. The molecule has 4 rings (SSSR count). The Hall–Kier alpha value is -4.04. The highest BCUT2D eigenvalue weighted by atomic mass is 32.2. The van der Waals surface area contributed by atoms with Crippen LogP contribution in [0.2, 0.25) is 0 Å². The minimum Gasteiger partial charge on any atom is -0.334 e. The highest BCUT2D eigenvalue weighted by molar-refractivity contribution is 7.99.